The third-order valence-electron chi connectivity index (χ3n) is 2.66. The van der Waals surface area contributed by atoms with Crippen LogP contribution in [0, 0.1) is 11.3 Å². The van der Waals surface area contributed by atoms with Crippen LogP contribution < -0.4 is 4.74 Å². The molecule has 104 valence electrons. The van der Waals surface area contributed by atoms with Gasteiger partial charge in [0.2, 0.25) is 0 Å². The molecule has 1 rings (SSSR count). The molecule has 0 aliphatic carbocycles. The summed E-state index contributed by atoms with van der Waals surface area (Å²) in [5, 5.41) is 8.81. The van der Waals surface area contributed by atoms with Crippen molar-refractivity contribution in [1.82, 2.24) is 0 Å². The van der Waals surface area contributed by atoms with Gasteiger partial charge >= 0.3 is 0 Å². The fourth-order valence-electron chi connectivity index (χ4n) is 1.69. The molecule has 3 heteroatoms. The molecule has 0 amide bonds. The molecule has 0 saturated heterocycles. The lowest BCUT2D eigenvalue weighted by atomic mass is 10.1. The van der Waals surface area contributed by atoms with Crippen molar-refractivity contribution in [3.05, 3.63) is 29.3 Å². The highest BCUT2D eigenvalue weighted by molar-refractivity contribution is 5.35. The predicted octanol–water partition coefficient (Wildman–Crippen LogP) is 3.86. The molecule has 1 aromatic rings. The van der Waals surface area contributed by atoms with Crippen LogP contribution in [0.5, 0.6) is 5.75 Å². The van der Waals surface area contributed by atoms with Gasteiger partial charge in [0.1, 0.15) is 5.75 Å². The van der Waals surface area contributed by atoms with E-state index in [1.54, 1.807) is 0 Å². The van der Waals surface area contributed by atoms with E-state index in [-0.39, 0.29) is 6.10 Å². The average molecular weight is 261 g/mol. The Morgan fingerprint density at radius 1 is 1.21 bits per heavy atom. The zero-order chi connectivity index (χ0) is 14.1. The van der Waals surface area contributed by atoms with E-state index in [0.29, 0.717) is 13.0 Å². The van der Waals surface area contributed by atoms with E-state index in [1.807, 2.05) is 32.0 Å². The molecule has 0 aromatic heterocycles. The Balaban J connectivity index is 2.75. The number of nitrogens with zero attached hydrogens (tertiary/aromatic N) is 1. The van der Waals surface area contributed by atoms with Crippen molar-refractivity contribution in [1.29, 1.82) is 5.26 Å². The highest BCUT2D eigenvalue weighted by atomic mass is 16.5. The SMILES string of the molecule is CCCCOc1cc(CC#N)cc(COC(C)C)c1. The van der Waals surface area contributed by atoms with Gasteiger partial charge in [0.05, 0.1) is 31.8 Å². The second kappa shape index (κ2) is 8.55. The minimum atomic E-state index is 0.198. The van der Waals surface area contributed by atoms with Crippen LogP contribution >= 0.6 is 0 Å². The van der Waals surface area contributed by atoms with Crippen LogP contribution in [0.4, 0.5) is 0 Å². The molecule has 0 spiro atoms. The Morgan fingerprint density at radius 2 is 1.95 bits per heavy atom. The van der Waals surface area contributed by atoms with Crippen molar-refractivity contribution in [2.45, 2.75) is 52.7 Å². The van der Waals surface area contributed by atoms with Gasteiger partial charge in [0.15, 0.2) is 0 Å². The Morgan fingerprint density at radius 3 is 2.58 bits per heavy atom. The van der Waals surface area contributed by atoms with E-state index in [0.717, 1.165) is 36.3 Å². The highest BCUT2D eigenvalue weighted by Gasteiger charge is 2.04. The molecular formula is C16H23NO2. The second-order valence-corrected chi connectivity index (χ2v) is 4.88. The molecule has 0 heterocycles. The van der Waals surface area contributed by atoms with Crippen LogP contribution in [0.15, 0.2) is 18.2 Å². The van der Waals surface area contributed by atoms with Gasteiger partial charge in [-0.1, -0.05) is 19.4 Å². The molecule has 0 unspecified atom stereocenters. The number of rotatable bonds is 8. The first-order valence-corrected chi connectivity index (χ1v) is 6.90. The third-order valence-corrected chi connectivity index (χ3v) is 2.66. The molecule has 0 bridgehead atoms. The van der Waals surface area contributed by atoms with Crippen molar-refractivity contribution in [2.24, 2.45) is 0 Å². The molecule has 0 saturated carbocycles. The number of benzene rings is 1. The number of hydrogen-bond acceptors (Lipinski definition) is 3. The summed E-state index contributed by atoms with van der Waals surface area (Å²) in [6, 6.07) is 8.13. The maximum absolute atomic E-state index is 8.81. The maximum Gasteiger partial charge on any atom is 0.119 e. The maximum atomic E-state index is 8.81. The lowest BCUT2D eigenvalue weighted by Gasteiger charge is -2.12. The van der Waals surface area contributed by atoms with Gasteiger partial charge in [0.25, 0.3) is 0 Å². The lowest BCUT2D eigenvalue weighted by molar-refractivity contribution is 0.0655. The minimum absolute atomic E-state index is 0.198. The first kappa shape index (κ1) is 15.5. The van der Waals surface area contributed by atoms with Crippen molar-refractivity contribution >= 4 is 0 Å². The average Bonchev–Trinajstić information content (AvgIpc) is 2.37. The van der Waals surface area contributed by atoms with Crippen LogP contribution in [0.25, 0.3) is 0 Å². The van der Waals surface area contributed by atoms with Crippen molar-refractivity contribution in [3.8, 4) is 11.8 Å². The molecule has 0 radical (unpaired) electrons. The summed E-state index contributed by atoms with van der Waals surface area (Å²) in [5.74, 6) is 0.837. The zero-order valence-corrected chi connectivity index (χ0v) is 12.1. The van der Waals surface area contributed by atoms with Gasteiger partial charge in [-0.05, 0) is 43.5 Å². The van der Waals surface area contributed by atoms with Crippen LogP contribution in [-0.4, -0.2) is 12.7 Å². The Hall–Kier alpha value is -1.53. The van der Waals surface area contributed by atoms with E-state index >= 15 is 0 Å². The molecular weight excluding hydrogens is 238 g/mol. The van der Waals surface area contributed by atoms with Gasteiger partial charge in [-0.3, -0.25) is 0 Å². The molecule has 0 N–H and O–H groups in total. The third kappa shape index (κ3) is 6.26. The van der Waals surface area contributed by atoms with E-state index < -0.39 is 0 Å². The molecule has 1 aromatic carbocycles. The van der Waals surface area contributed by atoms with E-state index in [9.17, 15) is 0 Å². The van der Waals surface area contributed by atoms with Crippen LogP contribution in [-0.2, 0) is 17.8 Å². The lowest BCUT2D eigenvalue weighted by Crippen LogP contribution is -2.04. The van der Waals surface area contributed by atoms with Gasteiger partial charge in [0, 0.05) is 0 Å². The minimum Gasteiger partial charge on any atom is -0.494 e. The molecule has 0 atom stereocenters. The number of hydrogen-bond donors (Lipinski definition) is 0. The quantitative estimate of drug-likeness (QED) is 0.667. The summed E-state index contributed by atoms with van der Waals surface area (Å²) in [5.41, 5.74) is 2.05. The summed E-state index contributed by atoms with van der Waals surface area (Å²) in [6.45, 7) is 7.44. The monoisotopic (exact) mass is 261 g/mol. The summed E-state index contributed by atoms with van der Waals surface area (Å²) < 4.78 is 11.3. The Bertz CT molecular complexity index is 421. The van der Waals surface area contributed by atoms with Crippen molar-refractivity contribution < 1.29 is 9.47 Å². The van der Waals surface area contributed by atoms with E-state index in [1.165, 1.54) is 0 Å². The number of ether oxygens (including phenoxy) is 2. The second-order valence-electron chi connectivity index (χ2n) is 4.88. The predicted molar refractivity (Wildman–Crippen MR) is 76.1 cm³/mol. The van der Waals surface area contributed by atoms with Gasteiger partial charge < -0.3 is 9.47 Å². The molecule has 0 aliphatic heterocycles. The molecule has 0 aliphatic rings. The Kier molecular flexibility index (Phi) is 6.99. The summed E-state index contributed by atoms with van der Waals surface area (Å²) >= 11 is 0. The van der Waals surface area contributed by atoms with Crippen molar-refractivity contribution in [2.75, 3.05) is 6.61 Å². The highest BCUT2D eigenvalue weighted by Crippen LogP contribution is 2.19. The summed E-state index contributed by atoms with van der Waals surface area (Å²) in [6.07, 6.45) is 2.75. The summed E-state index contributed by atoms with van der Waals surface area (Å²) in [4.78, 5) is 0. The van der Waals surface area contributed by atoms with Gasteiger partial charge in [-0.25, -0.2) is 0 Å². The Labute approximate surface area is 116 Å². The number of unbranched alkanes of at least 4 members (excludes halogenated alkanes) is 1. The normalized spacial score (nSPS) is 10.5. The first-order valence-electron chi connectivity index (χ1n) is 6.90. The van der Waals surface area contributed by atoms with Crippen LogP contribution in [0.1, 0.15) is 44.7 Å². The largest absolute Gasteiger partial charge is 0.494 e. The molecule has 0 fully saturated rings. The zero-order valence-electron chi connectivity index (χ0n) is 12.1. The van der Waals surface area contributed by atoms with Crippen LogP contribution in [0.3, 0.4) is 0 Å². The first-order chi connectivity index (χ1) is 9.15. The van der Waals surface area contributed by atoms with Gasteiger partial charge in [-0.15, -0.1) is 0 Å². The number of nitriles is 1. The van der Waals surface area contributed by atoms with Crippen molar-refractivity contribution in [3.63, 3.8) is 0 Å². The van der Waals surface area contributed by atoms with E-state index in [2.05, 4.69) is 13.0 Å². The smallest absolute Gasteiger partial charge is 0.119 e. The fourth-order valence-corrected chi connectivity index (χ4v) is 1.69. The summed E-state index contributed by atoms with van der Waals surface area (Å²) in [7, 11) is 0. The fraction of sp³-hybridized carbons (Fsp3) is 0.562. The topological polar surface area (TPSA) is 42.2 Å². The standard InChI is InChI=1S/C16H23NO2/c1-4-5-8-18-16-10-14(6-7-17)9-15(11-16)12-19-13(2)3/h9-11,13H,4-6,8,12H2,1-3H3. The van der Waals surface area contributed by atoms with Gasteiger partial charge in [-0.2, -0.15) is 5.26 Å². The van der Waals surface area contributed by atoms with E-state index in [4.69, 9.17) is 14.7 Å². The molecule has 3 nitrogen and oxygen atoms in total. The molecule has 19 heavy (non-hydrogen) atoms. The van der Waals surface area contributed by atoms with Crippen LogP contribution in [0.2, 0.25) is 0 Å².